The molecule has 1 heterocycles. The second-order valence-electron chi connectivity index (χ2n) is 4.41. The van der Waals surface area contributed by atoms with E-state index in [-0.39, 0.29) is 24.3 Å². The lowest BCUT2D eigenvalue weighted by atomic mass is 10.0. The molecule has 6 nitrogen and oxygen atoms in total. The Kier molecular flexibility index (Phi) is 4.48. The van der Waals surface area contributed by atoms with Crippen LogP contribution in [0.2, 0.25) is 0 Å². The third kappa shape index (κ3) is 3.77. The van der Waals surface area contributed by atoms with Crippen molar-refractivity contribution >= 4 is 23.2 Å². The van der Waals surface area contributed by atoms with Crippen molar-refractivity contribution in [1.82, 2.24) is 5.32 Å². The normalized spacial score (nSPS) is 14.6. The third-order valence-electron chi connectivity index (χ3n) is 2.84. The van der Waals surface area contributed by atoms with E-state index in [1.54, 1.807) is 24.3 Å². The number of ether oxygens (including phenoxy) is 1. The van der Waals surface area contributed by atoms with Crippen LogP contribution >= 0.6 is 0 Å². The highest BCUT2D eigenvalue weighted by Crippen LogP contribution is 2.16. The van der Waals surface area contributed by atoms with E-state index >= 15 is 0 Å². The second-order valence-corrected chi connectivity index (χ2v) is 4.41. The van der Waals surface area contributed by atoms with Crippen LogP contribution in [-0.4, -0.2) is 38.6 Å². The maximum Gasteiger partial charge on any atom is 0.250 e. The summed E-state index contributed by atoms with van der Waals surface area (Å²) in [4.78, 5) is 23.2. The van der Waals surface area contributed by atoms with E-state index in [0.29, 0.717) is 11.4 Å². The van der Waals surface area contributed by atoms with E-state index in [0.717, 1.165) is 13.1 Å². The Balaban J connectivity index is 1.94. The minimum absolute atomic E-state index is 0.000817. The van der Waals surface area contributed by atoms with Gasteiger partial charge in [0.25, 0.3) is 0 Å². The Hall–Kier alpha value is -1.92. The molecule has 102 valence electrons. The lowest BCUT2D eigenvalue weighted by Gasteiger charge is -2.25. The molecule has 2 rings (SSSR count). The number of nitrogens with one attached hydrogen (secondary N) is 3. The van der Waals surface area contributed by atoms with E-state index in [1.807, 2.05) is 0 Å². The lowest BCUT2D eigenvalue weighted by molar-refractivity contribution is -0.121. The summed E-state index contributed by atoms with van der Waals surface area (Å²) in [6, 6.07) is 7.04. The predicted molar refractivity (Wildman–Crippen MR) is 71.9 cm³/mol. The van der Waals surface area contributed by atoms with Gasteiger partial charge in [-0.15, -0.1) is 0 Å². The Bertz CT molecular complexity index is 472. The minimum Gasteiger partial charge on any atom is -0.375 e. The molecule has 0 unspecified atom stereocenters. The molecule has 0 spiro atoms. The van der Waals surface area contributed by atoms with Crippen LogP contribution in [0.4, 0.5) is 11.4 Å². The molecule has 1 saturated heterocycles. The van der Waals surface area contributed by atoms with Crippen LogP contribution < -0.4 is 16.0 Å². The van der Waals surface area contributed by atoms with Crippen molar-refractivity contribution in [2.45, 2.75) is 0 Å². The van der Waals surface area contributed by atoms with E-state index in [2.05, 4.69) is 16.0 Å². The fraction of sp³-hybridized carbons (Fsp3) is 0.385. The van der Waals surface area contributed by atoms with E-state index in [1.165, 1.54) is 7.11 Å². The molecule has 0 aromatic heterocycles. The van der Waals surface area contributed by atoms with Crippen molar-refractivity contribution in [1.29, 1.82) is 0 Å². The molecule has 0 aliphatic carbocycles. The number of benzene rings is 1. The zero-order valence-electron chi connectivity index (χ0n) is 10.7. The monoisotopic (exact) mass is 263 g/mol. The highest BCUT2D eigenvalue weighted by Gasteiger charge is 2.24. The van der Waals surface area contributed by atoms with Gasteiger partial charge >= 0.3 is 0 Å². The predicted octanol–water partition coefficient (Wildman–Crippen LogP) is 0.429. The number of hydrogen-bond donors (Lipinski definition) is 3. The molecule has 1 aromatic carbocycles. The van der Waals surface area contributed by atoms with Gasteiger partial charge in [-0.1, -0.05) is 6.07 Å². The van der Waals surface area contributed by atoms with Gasteiger partial charge in [0, 0.05) is 31.6 Å². The Morgan fingerprint density at radius 3 is 2.58 bits per heavy atom. The van der Waals surface area contributed by atoms with Crippen LogP contribution in [0, 0.1) is 5.92 Å². The fourth-order valence-electron chi connectivity index (χ4n) is 1.72. The molecular formula is C13H17N3O3. The van der Waals surface area contributed by atoms with Gasteiger partial charge in [0.15, 0.2) is 0 Å². The number of hydrogen-bond acceptors (Lipinski definition) is 4. The van der Waals surface area contributed by atoms with Crippen molar-refractivity contribution in [2.75, 3.05) is 37.4 Å². The third-order valence-corrected chi connectivity index (χ3v) is 2.84. The molecule has 6 heteroatoms. The molecule has 0 bridgehead atoms. The zero-order chi connectivity index (χ0) is 13.7. The number of carbonyl (C=O) groups excluding carboxylic acids is 2. The molecule has 0 atom stereocenters. The van der Waals surface area contributed by atoms with Crippen molar-refractivity contribution in [3.8, 4) is 0 Å². The number of rotatable bonds is 5. The second kappa shape index (κ2) is 6.31. The molecule has 0 radical (unpaired) electrons. The number of carbonyl (C=O) groups is 2. The van der Waals surface area contributed by atoms with Crippen LogP contribution in [0.5, 0.6) is 0 Å². The Morgan fingerprint density at radius 1 is 1.32 bits per heavy atom. The van der Waals surface area contributed by atoms with Crippen LogP contribution in [0.1, 0.15) is 0 Å². The van der Waals surface area contributed by atoms with Gasteiger partial charge in [-0.25, -0.2) is 0 Å². The van der Waals surface area contributed by atoms with Gasteiger partial charge in [-0.3, -0.25) is 9.59 Å². The summed E-state index contributed by atoms with van der Waals surface area (Å²) < 4.78 is 4.74. The molecule has 1 aromatic rings. The van der Waals surface area contributed by atoms with E-state index < -0.39 is 0 Å². The summed E-state index contributed by atoms with van der Waals surface area (Å²) >= 11 is 0. The fourth-order valence-corrected chi connectivity index (χ4v) is 1.72. The first-order chi connectivity index (χ1) is 9.19. The molecule has 1 fully saturated rings. The van der Waals surface area contributed by atoms with Crippen molar-refractivity contribution in [2.24, 2.45) is 5.92 Å². The van der Waals surface area contributed by atoms with Crippen LogP contribution in [-0.2, 0) is 14.3 Å². The molecule has 1 aliphatic rings. The smallest absolute Gasteiger partial charge is 0.250 e. The molecule has 3 N–H and O–H groups in total. The summed E-state index contributed by atoms with van der Waals surface area (Å²) in [7, 11) is 1.46. The number of amides is 2. The zero-order valence-corrected chi connectivity index (χ0v) is 10.7. The Morgan fingerprint density at radius 2 is 2.00 bits per heavy atom. The van der Waals surface area contributed by atoms with Crippen molar-refractivity contribution < 1.29 is 14.3 Å². The van der Waals surface area contributed by atoms with Crippen molar-refractivity contribution in [3.05, 3.63) is 24.3 Å². The van der Waals surface area contributed by atoms with Gasteiger partial charge in [-0.2, -0.15) is 0 Å². The van der Waals surface area contributed by atoms with Crippen LogP contribution in [0.15, 0.2) is 24.3 Å². The first-order valence-electron chi connectivity index (χ1n) is 6.09. The van der Waals surface area contributed by atoms with Gasteiger partial charge in [0.2, 0.25) is 11.8 Å². The molecule has 19 heavy (non-hydrogen) atoms. The van der Waals surface area contributed by atoms with Gasteiger partial charge in [0.05, 0.1) is 5.92 Å². The summed E-state index contributed by atoms with van der Waals surface area (Å²) in [5.74, 6) is -0.194. The highest BCUT2D eigenvalue weighted by molar-refractivity contribution is 5.95. The Labute approximate surface area is 111 Å². The average molecular weight is 263 g/mol. The standard InChI is InChI=1S/C13H17N3O3/c1-19-8-12(17)15-10-3-2-4-11(5-10)16-13(18)9-6-14-7-9/h2-5,9,14H,6-8H2,1H3,(H,15,17)(H,16,18). The quantitative estimate of drug-likeness (QED) is 0.719. The van der Waals surface area contributed by atoms with Gasteiger partial charge in [0.1, 0.15) is 6.61 Å². The minimum atomic E-state index is -0.228. The highest BCUT2D eigenvalue weighted by atomic mass is 16.5. The summed E-state index contributed by atoms with van der Waals surface area (Å²) in [5.41, 5.74) is 1.30. The summed E-state index contributed by atoms with van der Waals surface area (Å²) in [5, 5.41) is 8.56. The summed E-state index contributed by atoms with van der Waals surface area (Å²) in [6.07, 6.45) is 0. The first-order valence-corrected chi connectivity index (χ1v) is 6.09. The van der Waals surface area contributed by atoms with E-state index in [4.69, 9.17) is 4.74 Å². The average Bonchev–Trinajstić information content (AvgIpc) is 2.26. The topological polar surface area (TPSA) is 79.5 Å². The SMILES string of the molecule is COCC(=O)Nc1cccc(NC(=O)C2CNC2)c1. The van der Waals surface area contributed by atoms with Crippen molar-refractivity contribution in [3.63, 3.8) is 0 Å². The molecule has 1 aliphatic heterocycles. The lowest BCUT2D eigenvalue weighted by Crippen LogP contribution is -2.48. The van der Waals surface area contributed by atoms with Gasteiger partial charge in [-0.05, 0) is 18.2 Å². The molecular weight excluding hydrogens is 246 g/mol. The molecule has 0 saturated carbocycles. The number of methoxy groups -OCH3 is 1. The van der Waals surface area contributed by atoms with Crippen LogP contribution in [0.25, 0.3) is 0 Å². The largest absolute Gasteiger partial charge is 0.375 e. The van der Waals surface area contributed by atoms with E-state index in [9.17, 15) is 9.59 Å². The maximum absolute atomic E-state index is 11.8. The first kappa shape index (κ1) is 13.5. The molecule has 2 amide bonds. The van der Waals surface area contributed by atoms with Crippen LogP contribution in [0.3, 0.4) is 0 Å². The summed E-state index contributed by atoms with van der Waals surface area (Å²) in [6.45, 7) is 1.44. The maximum atomic E-state index is 11.8. The number of anilines is 2. The van der Waals surface area contributed by atoms with Gasteiger partial charge < -0.3 is 20.7 Å².